The van der Waals surface area contributed by atoms with Crippen LogP contribution in [-0.4, -0.2) is 34.1 Å². The summed E-state index contributed by atoms with van der Waals surface area (Å²) in [6.07, 6.45) is 4.72. The van der Waals surface area contributed by atoms with Gasteiger partial charge in [-0.05, 0) is 93.4 Å². The lowest BCUT2D eigenvalue weighted by Gasteiger charge is -2.60. The van der Waals surface area contributed by atoms with Gasteiger partial charge in [0.2, 0.25) is 0 Å². The minimum atomic E-state index is -0.818. The first kappa shape index (κ1) is 20.0. The number of aliphatic hydroxyl groups excluding tert-OH is 1. The van der Waals surface area contributed by atoms with E-state index in [1.54, 1.807) is 24.3 Å². The van der Waals surface area contributed by atoms with Crippen molar-refractivity contribution >= 4 is 17.6 Å². The number of nitrogens with one attached hydrogen (secondary N) is 1. The predicted molar refractivity (Wildman–Crippen MR) is 107 cm³/mol. The minimum Gasteiger partial charge on any atom is -0.484 e. The summed E-state index contributed by atoms with van der Waals surface area (Å²) >= 11 is 5.93. The Morgan fingerprint density at radius 2 is 1.86 bits per heavy atom. The molecule has 3 atom stereocenters. The Labute approximate surface area is 171 Å². The molecule has 1 aromatic carbocycles. The van der Waals surface area contributed by atoms with E-state index >= 15 is 0 Å². The van der Waals surface area contributed by atoms with Crippen molar-refractivity contribution in [2.75, 3.05) is 0 Å². The molecule has 154 valence electrons. The fourth-order valence-electron chi connectivity index (χ4n) is 6.25. The first-order chi connectivity index (χ1) is 13.2. The first-order valence-corrected chi connectivity index (χ1v) is 10.6. The average Bonchev–Trinajstić information content (AvgIpc) is 2.58. The average molecular weight is 408 g/mol. The molecular weight excluding hydrogens is 378 g/mol. The Morgan fingerprint density at radius 1 is 1.25 bits per heavy atom. The molecule has 3 N–H and O–H groups in total. The topological polar surface area (TPSA) is 78.8 Å². The number of carboxylic acids is 1. The highest BCUT2D eigenvalue weighted by molar-refractivity contribution is 6.30. The van der Waals surface area contributed by atoms with Gasteiger partial charge in [0, 0.05) is 11.1 Å². The third-order valence-electron chi connectivity index (χ3n) is 7.13. The normalized spacial score (nSPS) is 35.0. The molecule has 0 amide bonds. The maximum absolute atomic E-state index is 11.4. The van der Waals surface area contributed by atoms with E-state index < -0.39 is 17.8 Å². The highest BCUT2D eigenvalue weighted by Gasteiger charge is 2.56. The van der Waals surface area contributed by atoms with E-state index in [-0.39, 0.29) is 17.9 Å². The number of aliphatic hydroxyl groups is 1. The smallest absolute Gasteiger partial charge is 0.303 e. The molecule has 0 spiro atoms. The van der Waals surface area contributed by atoms with Crippen molar-refractivity contribution < 1.29 is 19.7 Å². The minimum absolute atomic E-state index is 0.0270. The van der Waals surface area contributed by atoms with Crippen molar-refractivity contribution in [2.24, 2.45) is 23.2 Å². The second kappa shape index (κ2) is 7.19. The molecule has 28 heavy (non-hydrogen) atoms. The number of carbonyl (C=O) groups is 1. The Morgan fingerprint density at radius 3 is 2.43 bits per heavy atom. The van der Waals surface area contributed by atoms with Gasteiger partial charge in [0.25, 0.3) is 0 Å². The molecule has 0 aliphatic heterocycles. The second-order valence-corrected chi connectivity index (χ2v) is 10.2. The van der Waals surface area contributed by atoms with Crippen LogP contribution in [0, 0.1) is 23.2 Å². The summed E-state index contributed by atoms with van der Waals surface area (Å²) in [4.78, 5) is 11.4. The van der Waals surface area contributed by atoms with Crippen LogP contribution in [0.4, 0.5) is 0 Å². The van der Waals surface area contributed by atoms with Gasteiger partial charge in [-0.2, -0.15) is 0 Å². The van der Waals surface area contributed by atoms with E-state index in [1.165, 1.54) is 0 Å². The number of ether oxygens (including phenoxy) is 1. The van der Waals surface area contributed by atoms with Gasteiger partial charge in [0.05, 0.1) is 6.42 Å². The molecule has 4 fully saturated rings. The highest BCUT2D eigenvalue weighted by Crippen LogP contribution is 2.61. The lowest BCUT2D eigenvalue weighted by Crippen LogP contribution is -2.63. The van der Waals surface area contributed by atoms with Crippen LogP contribution in [-0.2, 0) is 4.79 Å². The molecule has 4 aliphatic rings. The number of hydrogen-bond acceptors (Lipinski definition) is 4. The number of hydrogen-bond donors (Lipinski definition) is 3. The lowest BCUT2D eigenvalue weighted by molar-refractivity contribution is -0.149. The van der Waals surface area contributed by atoms with Gasteiger partial charge in [-0.25, -0.2) is 0 Å². The Kier molecular flexibility index (Phi) is 5.13. The third-order valence-corrected chi connectivity index (χ3v) is 7.38. The van der Waals surface area contributed by atoms with Crippen molar-refractivity contribution in [1.29, 1.82) is 0 Å². The van der Waals surface area contributed by atoms with Gasteiger partial charge in [0.15, 0.2) is 0 Å². The summed E-state index contributed by atoms with van der Waals surface area (Å²) in [6.45, 7) is 3.75. The van der Waals surface area contributed by atoms with Gasteiger partial charge < -0.3 is 14.9 Å². The Balaban J connectivity index is 1.43. The summed E-state index contributed by atoms with van der Waals surface area (Å²) in [5, 5.41) is 24.4. The van der Waals surface area contributed by atoms with Gasteiger partial charge in [-0.3, -0.25) is 10.1 Å². The SMILES string of the molecule is CC(C)(Oc1ccc(Cl)cc1)C(O)NC1C2CC3CC1CC(CC(=O)O)(C3)C2. The fraction of sp³-hybridized carbons (Fsp3) is 0.682. The van der Waals surface area contributed by atoms with Crippen LogP contribution >= 0.6 is 11.6 Å². The van der Waals surface area contributed by atoms with Gasteiger partial charge in [-0.15, -0.1) is 0 Å². The zero-order valence-corrected chi connectivity index (χ0v) is 17.3. The quantitative estimate of drug-likeness (QED) is 0.593. The molecular formula is C22H30ClNO4. The van der Waals surface area contributed by atoms with Crippen LogP contribution in [0.3, 0.4) is 0 Å². The van der Waals surface area contributed by atoms with Crippen LogP contribution in [0.15, 0.2) is 24.3 Å². The standard InChI is InChI=1S/C22H30ClNO4/c1-21(2,28-17-5-3-16(23)4-6-17)20(27)24-19-14-7-13-8-15(19)11-22(9-13,10-14)12-18(25)26/h3-6,13-15,19-20,24,27H,7-12H2,1-2H3,(H,25,26). The van der Waals surface area contributed by atoms with Crippen molar-refractivity contribution in [3.63, 3.8) is 0 Å². The first-order valence-electron chi connectivity index (χ1n) is 10.3. The number of halogens is 1. The number of aliphatic carboxylic acids is 1. The summed E-state index contributed by atoms with van der Waals surface area (Å²) in [7, 11) is 0. The zero-order valence-electron chi connectivity index (χ0n) is 16.5. The van der Waals surface area contributed by atoms with E-state index in [4.69, 9.17) is 16.3 Å². The largest absolute Gasteiger partial charge is 0.484 e. The van der Waals surface area contributed by atoms with Gasteiger partial charge >= 0.3 is 5.97 Å². The summed E-state index contributed by atoms with van der Waals surface area (Å²) in [6, 6.07) is 7.37. The van der Waals surface area contributed by atoms with Gasteiger partial charge in [-0.1, -0.05) is 11.6 Å². The van der Waals surface area contributed by atoms with Crippen LogP contribution in [0.5, 0.6) is 5.75 Å². The van der Waals surface area contributed by atoms with E-state index in [0.29, 0.717) is 28.5 Å². The van der Waals surface area contributed by atoms with Crippen LogP contribution < -0.4 is 10.1 Å². The van der Waals surface area contributed by atoms with Gasteiger partial charge in [0.1, 0.15) is 17.6 Å². The summed E-state index contributed by atoms with van der Waals surface area (Å²) < 4.78 is 6.04. The molecule has 4 aliphatic carbocycles. The molecule has 6 heteroatoms. The van der Waals surface area contributed by atoms with Crippen molar-refractivity contribution in [2.45, 2.75) is 70.2 Å². The van der Waals surface area contributed by atoms with Crippen LogP contribution in [0.25, 0.3) is 0 Å². The number of carboxylic acid groups (broad SMARTS) is 1. The summed E-state index contributed by atoms with van der Waals surface area (Å²) in [5.41, 5.74) is -0.831. The van der Waals surface area contributed by atoms with Crippen molar-refractivity contribution in [3.05, 3.63) is 29.3 Å². The van der Waals surface area contributed by atoms with Crippen LogP contribution in [0.1, 0.15) is 52.4 Å². The monoisotopic (exact) mass is 407 g/mol. The molecule has 4 bridgehead atoms. The van der Waals surface area contributed by atoms with Crippen LogP contribution in [0.2, 0.25) is 5.02 Å². The maximum Gasteiger partial charge on any atom is 0.303 e. The molecule has 0 radical (unpaired) electrons. The van der Waals surface area contributed by atoms with Crippen molar-refractivity contribution in [1.82, 2.24) is 5.32 Å². The maximum atomic E-state index is 11.4. The van der Waals surface area contributed by atoms with E-state index in [2.05, 4.69) is 5.32 Å². The highest BCUT2D eigenvalue weighted by atomic mass is 35.5. The number of rotatable bonds is 7. The Hall–Kier alpha value is -1.30. The molecule has 4 saturated carbocycles. The van der Waals surface area contributed by atoms with Crippen molar-refractivity contribution in [3.8, 4) is 5.75 Å². The lowest BCUT2D eigenvalue weighted by atomic mass is 9.47. The molecule has 1 aromatic rings. The van der Waals surface area contributed by atoms with E-state index in [9.17, 15) is 15.0 Å². The second-order valence-electron chi connectivity index (χ2n) is 9.79. The summed E-state index contributed by atoms with van der Waals surface area (Å²) in [5.74, 6) is 1.51. The molecule has 0 saturated heterocycles. The molecule has 0 heterocycles. The fourth-order valence-corrected chi connectivity index (χ4v) is 6.37. The van der Waals surface area contributed by atoms with E-state index in [1.807, 2.05) is 13.8 Å². The number of benzene rings is 1. The molecule has 3 unspecified atom stereocenters. The predicted octanol–water partition coefficient (Wildman–Crippen LogP) is 4.08. The third kappa shape index (κ3) is 3.89. The molecule has 0 aromatic heterocycles. The molecule has 5 nitrogen and oxygen atoms in total. The Bertz CT molecular complexity index is 719. The zero-order chi connectivity index (χ0) is 20.1. The molecule has 5 rings (SSSR count). The van der Waals surface area contributed by atoms with E-state index in [0.717, 1.165) is 32.1 Å².